The fourth-order valence-electron chi connectivity index (χ4n) is 2.72. The van der Waals surface area contributed by atoms with Gasteiger partial charge in [0.15, 0.2) is 0 Å². The number of benzene rings is 1. The van der Waals surface area contributed by atoms with Crippen LogP contribution < -0.4 is 5.73 Å². The Morgan fingerprint density at radius 3 is 2.62 bits per heavy atom. The fourth-order valence-corrected chi connectivity index (χ4v) is 2.94. The SMILES string of the molecule is CCOC(=O)C1=C(N)CN(C(=O)c2ccc(Cl)c(C(F)(F)F)c2)[C@H](C)C1. The highest BCUT2D eigenvalue weighted by Crippen LogP contribution is 2.35. The van der Waals surface area contributed by atoms with Crippen molar-refractivity contribution in [3.63, 3.8) is 0 Å². The molecule has 0 aliphatic carbocycles. The normalized spacial score (nSPS) is 18.1. The molecular formula is C17H18ClF3N2O3. The van der Waals surface area contributed by atoms with E-state index in [1.54, 1.807) is 13.8 Å². The van der Waals surface area contributed by atoms with E-state index in [9.17, 15) is 22.8 Å². The number of ether oxygens (including phenoxy) is 1. The third-order valence-electron chi connectivity index (χ3n) is 4.06. The Bertz CT molecular complexity index is 762. The van der Waals surface area contributed by atoms with Gasteiger partial charge in [-0.05, 0) is 32.0 Å². The standard InChI is InChI=1S/C17H18ClF3N2O3/c1-3-26-16(25)11-6-9(2)23(8-14(11)22)15(24)10-4-5-13(18)12(7-10)17(19,20)21/h4-5,7,9H,3,6,8,22H2,1-2H3/t9-/m1/s1. The number of nitrogens with zero attached hydrogens (tertiary/aromatic N) is 1. The molecule has 0 aromatic heterocycles. The number of rotatable bonds is 3. The first kappa shape index (κ1) is 20.1. The van der Waals surface area contributed by atoms with Gasteiger partial charge in [0.1, 0.15) is 0 Å². The highest BCUT2D eigenvalue weighted by Gasteiger charge is 2.36. The molecule has 0 bridgehead atoms. The number of hydrogen-bond donors (Lipinski definition) is 1. The van der Waals surface area contributed by atoms with Gasteiger partial charge < -0.3 is 15.4 Å². The molecular weight excluding hydrogens is 373 g/mol. The second-order valence-corrected chi connectivity index (χ2v) is 6.31. The zero-order valence-corrected chi connectivity index (χ0v) is 14.9. The van der Waals surface area contributed by atoms with Crippen LogP contribution in [0, 0.1) is 0 Å². The molecule has 1 aromatic carbocycles. The maximum Gasteiger partial charge on any atom is 0.417 e. The predicted octanol–water partition coefficient (Wildman–Crippen LogP) is 3.37. The monoisotopic (exact) mass is 390 g/mol. The number of esters is 1. The van der Waals surface area contributed by atoms with E-state index in [0.717, 1.165) is 12.1 Å². The lowest BCUT2D eigenvalue weighted by atomic mass is 9.97. The van der Waals surface area contributed by atoms with Crippen LogP contribution in [0.3, 0.4) is 0 Å². The molecule has 9 heteroatoms. The van der Waals surface area contributed by atoms with E-state index in [4.69, 9.17) is 22.1 Å². The van der Waals surface area contributed by atoms with Crippen molar-refractivity contribution < 1.29 is 27.5 Å². The van der Waals surface area contributed by atoms with Crippen molar-refractivity contribution in [2.24, 2.45) is 5.73 Å². The van der Waals surface area contributed by atoms with Crippen LogP contribution >= 0.6 is 11.6 Å². The Kier molecular flexibility index (Phi) is 5.85. The molecule has 26 heavy (non-hydrogen) atoms. The molecule has 0 saturated carbocycles. The van der Waals surface area contributed by atoms with Crippen molar-refractivity contribution in [2.75, 3.05) is 13.2 Å². The molecule has 5 nitrogen and oxygen atoms in total. The molecule has 0 spiro atoms. The van der Waals surface area contributed by atoms with E-state index in [0.29, 0.717) is 0 Å². The summed E-state index contributed by atoms with van der Waals surface area (Å²) in [5.41, 5.74) is 5.11. The van der Waals surface area contributed by atoms with Gasteiger partial charge in [0.05, 0.1) is 29.3 Å². The van der Waals surface area contributed by atoms with E-state index in [2.05, 4.69) is 0 Å². The fraction of sp³-hybridized carbons (Fsp3) is 0.412. The van der Waals surface area contributed by atoms with Crippen molar-refractivity contribution >= 4 is 23.5 Å². The maximum atomic E-state index is 13.0. The molecule has 142 valence electrons. The number of alkyl halides is 3. The van der Waals surface area contributed by atoms with Gasteiger partial charge in [-0.1, -0.05) is 11.6 Å². The molecule has 1 amide bonds. The van der Waals surface area contributed by atoms with Gasteiger partial charge in [-0.2, -0.15) is 13.2 Å². The number of nitrogens with two attached hydrogens (primary N) is 1. The second-order valence-electron chi connectivity index (χ2n) is 5.90. The molecule has 2 rings (SSSR count). The third kappa shape index (κ3) is 4.12. The molecule has 2 N–H and O–H groups in total. The van der Waals surface area contributed by atoms with Crippen LogP contribution in [-0.4, -0.2) is 36.0 Å². The Hall–Kier alpha value is -2.22. The summed E-state index contributed by atoms with van der Waals surface area (Å²) < 4.78 is 43.9. The van der Waals surface area contributed by atoms with Crippen LogP contribution in [0.4, 0.5) is 13.2 Å². The van der Waals surface area contributed by atoms with Crippen LogP contribution in [-0.2, 0) is 15.7 Å². The zero-order chi connectivity index (χ0) is 19.6. The average Bonchev–Trinajstić information content (AvgIpc) is 2.55. The maximum absolute atomic E-state index is 13.0. The van der Waals surface area contributed by atoms with Gasteiger partial charge in [0.25, 0.3) is 5.91 Å². The third-order valence-corrected chi connectivity index (χ3v) is 4.39. The zero-order valence-electron chi connectivity index (χ0n) is 14.2. The molecule has 0 saturated heterocycles. The lowest BCUT2D eigenvalue weighted by Gasteiger charge is -2.34. The van der Waals surface area contributed by atoms with Crippen LogP contribution in [0.1, 0.15) is 36.2 Å². The largest absolute Gasteiger partial charge is 0.463 e. The van der Waals surface area contributed by atoms with Gasteiger partial charge in [-0.3, -0.25) is 4.79 Å². The number of hydrogen-bond acceptors (Lipinski definition) is 4. The Morgan fingerprint density at radius 1 is 1.38 bits per heavy atom. The molecule has 1 heterocycles. The lowest BCUT2D eigenvalue weighted by molar-refractivity contribution is -0.139. The summed E-state index contributed by atoms with van der Waals surface area (Å²) in [6.07, 6.45) is -4.51. The minimum absolute atomic E-state index is 0.0713. The smallest absolute Gasteiger partial charge is 0.417 e. The molecule has 0 fully saturated rings. The van der Waals surface area contributed by atoms with Gasteiger partial charge in [0, 0.05) is 23.7 Å². The highest BCUT2D eigenvalue weighted by atomic mass is 35.5. The van der Waals surface area contributed by atoms with Gasteiger partial charge in [0.2, 0.25) is 0 Å². The van der Waals surface area contributed by atoms with Crippen molar-refractivity contribution in [1.82, 2.24) is 4.90 Å². The summed E-state index contributed by atoms with van der Waals surface area (Å²) >= 11 is 5.58. The van der Waals surface area contributed by atoms with Gasteiger partial charge >= 0.3 is 12.1 Å². The molecule has 1 aliphatic heterocycles. The molecule has 1 aliphatic rings. The average molecular weight is 391 g/mol. The van der Waals surface area contributed by atoms with E-state index < -0.39 is 34.7 Å². The van der Waals surface area contributed by atoms with Crippen LogP contribution in [0.25, 0.3) is 0 Å². The minimum atomic E-state index is -4.67. The summed E-state index contributed by atoms with van der Waals surface area (Å²) in [6.45, 7) is 3.47. The number of carbonyl (C=O) groups excluding carboxylic acids is 2. The van der Waals surface area contributed by atoms with Crippen molar-refractivity contribution in [3.8, 4) is 0 Å². The quantitative estimate of drug-likeness (QED) is 0.803. The second kappa shape index (κ2) is 7.57. The summed E-state index contributed by atoms with van der Waals surface area (Å²) in [5.74, 6) is -1.17. The molecule has 0 unspecified atom stereocenters. The van der Waals surface area contributed by atoms with E-state index in [1.165, 1.54) is 11.0 Å². The number of carbonyl (C=O) groups is 2. The van der Waals surface area contributed by atoms with E-state index >= 15 is 0 Å². The summed E-state index contributed by atoms with van der Waals surface area (Å²) in [6, 6.07) is 2.56. The highest BCUT2D eigenvalue weighted by molar-refractivity contribution is 6.31. The molecule has 1 aromatic rings. The summed E-state index contributed by atoms with van der Waals surface area (Å²) in [5, 5.41) is -0.482. The Morgan fingerprint density at radius 2 is 2.04 bits per heavy atom. The Balaban J connectivity index is 2.30. The van der Waals surface area contributed by atoms with Crippen LogP contribution in [0.2, 0.25) is 5.02 Å². The van der Waals surface area contributed by atoms with Crippen molar-refractivity contribution in [1.29, 1.82) is 0 Å². The van der Waals surface area contributed by atoms with Gasteiger partial charge in [-0.15, -0.1) is 0 Å². The first-order valence-corrected chi connectivity index (χ1v) is 8.26. The minimum Gasteiger partial charge on any atom is -0.463 e. The topological polar surface area (TPSA) is 72.6 Å². The predicted molar refractivity (Wildman–Crippen MR) is 89.4 cm³/mol. The molecule has 1 atom stereocenters. The summed E-state index contributed by atoms with van der Waals surface area (Å²) in [7, 11) is 0. The summed E-state index contributed by atoms with van der Waals surface area (Å²) in [4.78, 5) is 25.9. The number of amides is 1. The van der Waals surface area contributed by atoms with E-state index in [-0.39, 0.29) is 36.4 Å². The van der Waals surface area contributed by atoms with Crippen molar-refractivity contribution in [3.05, 3.63) is 45.6 Å². The van der Waals surface area contributed by atoms with E-state index in [1.807, 2.05) is 0 Å². The number of halogens is 4. The first-order valence-electron chi connectivity index (χ1n) is 7.88. The first-order chi connectivity index (χ1) is 12.1. The van der Waals surface area contributed by atoms with Crippen molar-refractivity contribution in [2.45, 2.75) is 32.5 Å². The van der Waals surface area contributed by atoms with Crippen LogP contribution in [0.5, 0.6) is 0 Å². The lowest BCUT2D eigenvalue weighted by Crippen LogP contribution is -2.45. The molecule has 0 radical (unpaired) electrons. The van der Waals surface area contributed by atoms with Gasteiger partial charge in [-0.25, -0.2) is 4.79 Å². The Labute approximate surface area is 153 Å². The van der Waals surface area contributed by atoms with Crippen LogP contribution in [0.15, 0.2) is 29.5 Å².